The van der Waals surface area contributed by atoms with Gasteiger partial charge in [0.15, 0.2) is 0 Å². The number of benzene rings is 2. The molecule has 5 nitrogen and oxygen atoms in total. The number of hydrogen-bond donors (Lipinski definition) is 2. The number of nitriles is 1. The van der Waals surface area contributed by atoms with Gasteiger partial charge >= 0.3 is 0 Å². The second-order valence-electron chi connectivity index (χ2n) is 5.62. The highest BCUT2D eigenvalue weighted by Crippen LogP contribution is 2.37. The average molecular weight is 351 g/mol. The van der Waals surface area contributed by atoms with Gasteiger partial charge in [0, 0.05) is 5.69 Å². The Kier molecular flexibility index (Phi) is 4.68. The number of nitrogens with zero attached hydrogens (tertiary/aromatic N) is 2. The van der Waals surface area contributed by atoms with Gasteiger partial charge in [0.2, 0.25) is 0 Å². The third-order valence-electron chi connectivity index (χ3n) is 4.12. The van der Waals surface area contributed by atoms with Crippen molar-refractivity contribution >= 4 is 24.2 Å². The van der Waals surface area contributed by atoms with E-state index < -0.39 is 12.1 Å². The Labute approximate surface area is 151 Å². The second-order valence-corrected chi connectivity index (χ2v) is 6.04. The third kappa shape index (κ3) is 3.06. The van der Waals surface area contributed by atoms with Gasteiger partial charge in [-0.2, -0.15) is 5.26 Å². The van der Waals surface area contributed by atoms with E-state index in [2.05, 4.69) is 17.9 Å². The summed E-state index contributed by atoms with van der Waals surface area (Å²) in [6, 6.07) is 17.1. The molecular formula is C19H17N3O2S. The molecular weight excluding hydrogens is 334 g/mol. The zero-order valence-corrected chi connectivity index (χ0v) is 14.7. The van der Waals surface area contributed by atoms with Crippen LogP contribution >= 0.6 is 12.6 Å². The van der Waals surface area contributed by atoms with Crippen LogP contribution in [-0.2, 0) is 4.79 Å². The number of anilines is 1. The molecule has 0 aromatic heterocycles. The van der Waals surface area contributed by atoms with E-state index >= 15 is 0 Å². The number of carbonyl (C=O) groups is 1. The Morgan fingerprint density at radius 1 is 1.20 bits per heavy atom. The van der Waals surface area contributed by atoms with Crippen LogP contribution < -0.4 is 15.0 Å². The normalized spacial score (nSPS) is 17.1. The quantitative estimate of drug-likeness (QED) is 0.833. The molecule has 6 heteroatoms. The van der Waals surface area contributed by atoms with Crippen molar-refractivity contribution in [1.82, 2.24) is 5.32 Å². The summed E-state index contributed by atoms with van der Waals surface area (Å²) < 4.78 is 5.20. The maximum Gasteiger partial charge on any atom is 0.266 e. The van der Waals surface area contributed by atoms with E-state index in [1.807, 2.05) is 66.4 Å². The van der Waals surface area contributed by atoms with E-state index in [0.29, 0.717) is 5.03 Å². The van der Waals surface area contributed by atoms with Gasteiger partial charge in [0.05, 0.1) is 12.1 Å². The molecule has 0 unspecified atom stereocenters. The number of methoxy groups -OCH3 is 1. The van der Waals surface area contributed by atoms with Crippen molar-refractivity contribution in [1.29, 1.82) is 5.26 Å². The highest BCUT2D eigenvalue weighted by Gasteiger charge is 2.34. The standard InChI is InChI=1S/C19H17N3O2S/c1-12-5-3-4-6-16(12)22-17(13-7-9-14(24-2)10-8-13)21-18(23)15(11-20)19(22)25/h3-10,17,25H,1-2H3,(H,21,23)/t17-/m0/s1. The SMILES string of the molecule is COc1ccc([C@H]2NC(=O)C(C#N)=C(S)N2c2ccccc2C)cc1. The maximum atomic E-state index is 12.3. The minimum atomic E-state index is -0.468. The molecule has 0 radical (unpaired) electrons. The van der Waals surface area contributed by atoms with Crippen LogP contribution in [0.2, 0.25) is 0 Å². The van der Waals surface area contributed by atoms with E-state index in [0.717, 1.165) is 22.6 Å². The van der Waals surface area contributed by atoms with Crippen molar-refractivity contribution in [3.8, 4) is 11.8 Å². The van der Waals surface area contributed by atoms with E-state index in [1.54, 1.807) is 7.11 Å². The lowest BCUT2D eigenvalue weighted by Gasteiger charge is -2.38. The molecule has 1 heterocycles. The average Bonchev–Trinajstić information content (AvgIpc) is 2.63. The summed E-state index contributed by atoms with van der Waals surface area (Å²) in [4.78, 5) is 14.2. The largest absolute Gasteiger partial charge is 0.497 e. The maximum absolute atomic E-state index is 12.3. The van der Waals surface area contributed by atoms with Gasteiger partial charge in [-0.15, -0.1) is 12.6 Å². The fraction of sp³-hybridized carbons (Fsp3) is 0.158. The third-order valence-corrected chi connectivity index (χ3v) is 4.56. The van der Waals surface area contributed by atoms with Gasteiger partial charge in [-0.1, -0.05) is 30.3 Å². The molecule has 0 bridgehead atoms. The first-order chi connectivity index (χ1) is 12.1. The molecule has 2 aromatic carbocycles. The van der Waals surface area contributed by atoms with Crippen LogP contribution in [0.25, 0.3) is 0 Å². The lowest BCUT2D eigenvalue weighted by atomic mass is 10.1. The number of carbonyl (C=O) groups excluding carboxylic acids is 1. The predicted molar refractivity (Wildman–Crippen MR) is 99.2 cm³/mol. The number of nitrogens with one attached hydrogen (secondary N) is 1. The van der Waals surface area contributed by atoms with E-state index in [4.69, 9.17) is 4.74 Å². The second kappa shape index (κ2) is 6.91. The lowest BCUT2D eigenvalue weighted by Crippen LogP contribution is -2.46. The Bertz CT molecular complexity index is 884. The Balaban J connectivity index is 2.15. The summed E-state index contributed by atoms with van der Waals surface area (Å²) in [5, 5.41) is 12.6. The van der Waals surface area contributed by atoms with Gasteiger partial charge < -0.3 is 15.0 Å². The molecule has 1 amide bonds. The Morgan fingerprint density at radius 2 is 1.88 bits per heavy atom. The zero-order chi connectivity index (χ0) is 18.0. The van der Waals surface area contributed by atoms with Crippen LogP contribution in [0, 0.1) is 18.3 Å². The van der Waals surface area contributed by atoms with Crippen LogP contribution in [0.4, 0.5) is 5.69 Å². The molecule has 2 aromatic rings. The zero-order valence-electron chi connectivity index (χ0n) is 13.9. The number of para-hydroxylation sites is 1. The van der Waals surface area contributed by atoms with Gasteiger partial charge in [-0.25, -0.2) is 0 Å². The van der Waals surface area contributed by atoms with Crippen LogP contribution in [-0.4, -0.2) is 13.0 Å². The Hall–Kier alpha value is -2.91. The van der Waals surface area contributed by atoms with Crippen LogP contribution in [0.5, 0.6) is 5.75 Å². The lowest BCUT2D eigenvalue weighted by molar-refractivity contribution is -0.118. The number of hydrogen-bond acceptors (Lipinski definition) is 5. The fourth-order valence-electron chi connectivity index (χ4n) is 2.81. The summed E-state index contributed by atoms with van der Waals surface area (Å²) >= 11 is 4.50. The Morgan fingerprint density at radius 3 is 2.48 bits per heavy atom. The van der Waals surface area contributed by atoms with Gasteiger partial charge in [-0.05, 0) is 36.2 Å². The monoisotopic (exact) mass is 351 g/mol. The molecule has 1 atom stereocenters. The van der Waals surface area contributed by atoms with E-state index in [9.17, 15) is 10.1 Å². The molecule has 3 rings (SSSR count). The fourth-order valence-corrected chi connectivity index (χ4v) is 3.19. The van der Waals surface area contributed by atoms with Crippen molar-refractivity contribution in [2.45, 2.75) is 13.1 Å². The van der Waals surface area contributed by atoms with Gasteiger partial charge in [0.1, 0.15) is 23.6 Å². The van der Waals surface area contributed by atoms with Crippen LogP contribution in [0.3, 0.4) is 0 Å². The van der Waals surface area contributed by atoms with Gasteiger partial charge in [0.25, 0.3) is 5.91 Å². The smallest absolute Gasteiger partial charge is 0.266 e. The highest BCUT2D eigenvalue weighted by atomic mass is 32.1. The van der Waals surface area contributed by atoms with Gasteiger partial charge in [-0.3, -0.25) is 4.79 Å². The first-order valence-electron chi connectivity index (χ1n) is 7.70. The topological polar surface area (TPSA) is 65.4 Å². The number of rotatable bonds is 3. The van der Waals surface area contributed by atoms with Crippen molar-refractivity contribution in [3.05, 3.63) is 70.3 Å². The molecule has 0 fully saturated rings. The summed E-state index contributed by atoms with van der Waals surface area (Å²) in [6.07, 6.45) is -0.468. The van der Waals surface area contributed by atoms with Crippen molar-refractivity contribution in [3.63, 3.8) is 0 Å². The molecule has 0 saturated carbocycles. The van der Waals surface area contributed by atoms with Crippen LogP contribution in [0.15, 0.2) is 59.1 Å². The number of amides is 1. The molecule has 1 N–H and O–H groups in total. The first-order valence-corrected chi connectivity index (χ1v) is 8.14. The molecule has 126 valence electrons. The summed E-state index contributed by atoms with van der Waals surface area (Å²) in [5.74, 6) is 0.297. The molecule has 0 aliphatic carbocycles. The van der Waals surface area contributed by atoms with E-state index in [-0.39, 0.29) is 5.57 Å². The predicted octanol–water partition coefficient (Wildman–Crippen LogP) is 3.30. The van der Waals surface area contributed by atoms with Crippen molar-refractivity contribution in [2.24, 2.45) is 0 Å². The summed E-state index contributed by atoms with van der Waals surface area (Å²) in [5.41, 5.74) is 2.75. The molecule has 1 aliphatic heterocycles. The van der Waals surface area contributed by atoms with Crippen molar-refractivity contribution < 1.29 is 9.53 Å². The summed E-state index contributed by atoms with van der Waals surface area (Å²) in [7, 11) is 1.60. The molecule has 25 heavy (non-hydrogen) atoms. The van der Waals surface area contributed by atoms with E-state index in [1.165, 1.54) is 0 Å². The van der Waals surface area contributed by atoms with Crippen LogP contribution in [0.1, 0.15) is 17.3 Å². The summed E-state index contributed by atoms with van der Waals surface area (Å²) in [6.45, 7) is 1.98. The number of thiol groups is 1. The number of ether oxygens (including phenoxy) is 1. The molecule has 0 saturated heterocycles. The number of aryl methyl sites for hydroxylation is 1. The van der Waals surface area contributed by atoms with Crippen molar-refractivity contribution in [2.75, 3.05) is 12.0 Å². The molecule has 1 aliphatic rings. The minimum absolute atomic E-state index is 0.00338. The first kappa shape index (κ1) is 16.9. The minimum Gasteiger partial charge on any atom is -0.497 e. The highest BCUT2D eigenvalue weighted by molar-refractivity contribution is 7.84. The molecule has 0 spiro atoms.